The van der Waals surface area contributed by atoms with E-state index < -0.39 is 10.8 Å². The molecule has 1 aromatic rings. The van der Waals surface area contributed by atoms with Gasteiger partial charge in [0, 0.05) is 46.3 Å². The Bertz CT molecular complexity index is 476. The van der Waals surface area contributed by atoms with Gasteiger partial charge in [0.05, 0.1) is 6.10 Å². The predicted molar refractivity (Wildman–Crippen MR) is 75.2 cm³/mol. The highest BCUT2D eigenvalue weighted by atomic mass is 32.2. The smallest absolute Gasteiger partial charge is 0.0812 e. The fourth-order valence-corrected chi connectivity index (χ4v) is 3.37. The molecule has 2 rings (SSSR count). The summed E-state index contributed by atoms with van der Waals surface area (Å²) in [6, 6.07) is 2.09. The third-order valence-electron chi connectivity index (χ3n) is 3.80. The van der Waals surface area contributed by atoms with E-state index in [4.69, 9.17) is 0 Å². The van der Waals surface area contributed by atoms with Crippen LogP contribution in [0.15, 0.2) is 6.07 Å². The molecule has 1 aliphatic carbocycles. The SMILES string of the molecule is Cc1cc2c(n1CCS(C)=O)CC(C)(C)CC2O. The van der Waals surface area contributed by atoms with E-state index in [1.165, 1.54) is 11.4 Å². The van der Waals surface area contributed by atoms with Crippen molar-refractivity contribution in [2.24, 2.45) is 5.41 Å². The van der Waals surface area contributed by atoms with Crippen LogP contribution in [0.3, 0.4) is 0 Å². The summed E-state index contributed by atoms with van der Waals surface area (Å²) in [5.41, 5.74) is 3.62. The lowest BCUT2D eigenvalue weighted by molar-refractivity contribution is 0.0980. The number of aliphatic hydroxyl groups is 1. The monoisotopic (exact) mass is 269 g/mol. The van der Waals surface area contributed by atoms with Crippen molar-refractivity contribution in [1.29, 1.82) is 0 Å². The van der Waals surface area contributed by atoms with Crippen LogP contribution in [0.25, 0.3) is 0 Å². The van der Waals surface area contributed by atoms with Crippen molar-refractivity contribution in [1.82, 2.24) is 4.57 Å². The molecule has 3 nitrogen and oxygen atoms in total. The Balaban J connectivity index is 2.35. The van der Waals surface area contributed by atoms with E-state index in [0.717, 1.165) is 24.9 Å². The zero-order valence-electron chi connectivity index (χ0n) is 11.7. The Morgan fingerprint density at radius 1 is 1.56 bits per heavy atom. The first-order chi connectivity index (χ1) is 8.30. The maximum Gasteiger partial charge on any atom is 0.0812 e. The van der Waals surface area contributed by atoms with E-state index in [1.54, 1.807) is 6.26 Å². The molecule has 0 aliphatic heterocycles. The van der Waals surface area contributed by atoms with Crippen molar-refractivity contribution in [2.75, 3.05) is 12.0 Å². The van der Waals surface area contributed by atoms with Gasteiger partial charge in [-0.25, -0.2) is 0 Å². The number of rotatable bonds is 3. The van der Waals surface area contributed by atoms with E-state index in [2.05, 4.69) is 31.4 Å². The first kappa shape index (κ1) is 13.8. The van der Waals surface area contributed by atoms with Crippen LogP contribution in [-0.2, 0) is 23.8 Å². The van der Waals surface area contributed by atoms with Crippen LogP contribution < -0.4 is 0 Å². The largest absolute Gasteiger partial charge is 0.388 e. The van der Waals surface area contributed by atoms with Crippen LogP contribution in [0, 0.1) is 12.3 Å². The molecule has 1 aromatic heterocycles. The lowest BCUT2D eigenvalue weighted by Crippen LogP contribution is -2.27. The van der Waals surface area contributed by atoms with Gasteiger partial charge in [-0.2, -0.15) is 0 Å². The molecule has 2 unspecified atom stereocenters. The van der Waals surface area contributed by atoms with Gasteiger partial charge in [-0.3, -0.25) is 4.21 Å². The third kappa shape index (κ3) is 2.69. The van der Waals surface area contributed by atoms with Gasteiger partial charge in [-0.05, 0) is 31.2 Å². The molecule has 0 saturated carbocycles. The lowest BCUT2D eigenvalue weighted by atomic mass is 9.75. The highest BCUT2D eigenvalue weighted by Crippen LogP contribution is 2.41. The summed E-state index contributed by atoms with van der Waals surface area (Å²) in [5, 5.41) is 10.2. The van der Waals surface area contributed by atoms with E-state index in [-0.39, 0.29) is 11.5 Å². The van der Waals surface area contributed by atoms with Gasteiger partial charge in [0.25, 0.3) is 0 Å². The first-order valence-corrected chi connectivity index (χ1v) is 8.20. The molecule has 1 N–H and O–H groups in total. The number of fused-ring (bicyclic) bond motifs is 1. The van der Waals surface area contributed by atoms with Gasteiger partial charge in [0.1, 0.15) is 0 Å². The molecule has 2 atom stereocenters. The molecule has 0 bridgehead atoms. The average molecular weight is 269 g/mol. The summed E-state index contributed by atoms with van der Waals surface area (Å²) in [6.07, 6.45) is 3.20. The number of hydrogen-bond donors (Lipinski definition) is 1. The first-order valence-electron chi connectivity index (χ1n) is 6.47. The minimum absolute atomic E-state index is 0.139. The Morgan fingerprint density at radius 2 is 2.22 bits per heavy atom. The maximum absolute atomic E-state index is 11.3. The number of aryl methyl sites for hydroxylation is 1. The van der Waals surface area contributed by atoms with Crippen LogP contribution in [0.2, 0.25) is 0 Å². The van der Waals surface area contributed by atoms with Crippen molar-refractivity contribution in [2.45, 2.75) is 46.3 Å². The Kier molecular flexibility index (Phi) is 3.70. The van der Waals surface area contributed by atoms with E-state index in [9.17, 15) is 9.32 Å². The molecule has 0 aromatic carbocycles. The number of nitrogens with zero attached hydrogens (tertiary/aromatic N) is 1. The molecule has 1 aliphatic rings. The molecule has 0 amide bonds. The van der Waals surface area contributed by atoms with Crippen LogP contribution in [0.4, 0.5) is 0 Å². The second kappa shape index (κ2) is 4.82. The molecule has 0 fully saturated rings. The summed E-state index contributed by atoms with van der Waals surface area (Å²) >= 11 is 0. The zero-order valence-corrected chi connectivity index (χ0v) is 12.5. The normalized spacial score (nSPS) is 23.7. The van der Waals surface area contributed by atoms with Crippen LogP contribution in [0.1, 0.15) is 43.3 Å². The molecular formula is C14H23NO2S. The van der Waals surface area contributed by atoms with Gasteiger partial charge in [0.15, 0.2) is 0 Å². The summed E-state index contributed by atoms with van der Waals surface area (Å²) in [5.74, 6) is 0.679. The highest BCUT2D eigenvalue weighted by Gasteiger charge is 2.33. The molecule has 18 heavy (non-hydrogen) atoms. The third-order valence-corrected chi connectivity index (χ3v) is 4.56. The van der Waals surface area contributed by atoms with E-state index >= 15 is 0 Å². The van der Waals surface area contributed by atoms with Crippen molar-refractivity contribution in [3.8, 4) is 0 Å². The molecule has 0 saturated heterocycles. The van der Waals surface area contributed by atoms with Crippen LogP contribution in [-0.4, -0.2) is 25.9 Å². The van der Waals surface area contributed by atoms with Gasteiger partial charge < -0.3 is 9.67 Å². The molecule has 0 spiro atoms. The molecule has 4 heteroatoms. The summed E-state index contributed by atoms with van der Waals surface area (Å²) in [7, 11) is -0.771. The minimum atomic E-state index is -0.771. The van der Waals surface area contributed by atoms with Gasteiger partial charge >= 0.3 is 0 Å². The minimum Gasteiger partial charge on any atom is -0.388 e. The zero-order chi connectivity index (χ0) is 13.5. The van der Waals surface area contributed by atoms with Gasteiger partial charge in [-0.1, -0.05) is 13.8 Å². The van der Waals surface area contributed by atoms with Crippen molar-refractivity contribution in [3.63, 3.8) is 0 Å². The number of hydrogen-bond acceptors (Lipinski definition) is 2. The van der Waals surface area contributed by atoms with Crippen LogP contribution in [0.5, 0.6) is 0 Å². The molecule has 0 radical (unpaired) electrons. The maximum atomic E-state index is 11.3. The molecule has 102 valence electrons. The summed E-state index contributed by atoms with van der Waals surface area (Å²) in [6.45, 7) is 7.25. The van der Waals surface area contributed by atoms with Crippen molar-refractivity contribution >= 4 is 10.8 Å². The Morgan fingerprint density at radius 3 is 2.83 bits per heavy atom. The fraction of sp³-hybridized carbons (Fsp3) is 0.714. The average Bonchev–Trinajstić information content (AvgIpc) is 2.50. The van der Waals surface area contributed by atoms with Crippen molar-refractivity contribution in [3.05, 3.63) is 23.0 Å². The standard InChI is InChI=1S/C14H23NO2S/c1-10-7-11-12(15(10)5-6-18(4)17)8-14(2,3)9-13(11)16/h7,13,16H,5-6,8-9H2,1-4H3. The molecule has 1 heterocycles. The van der Waals surface area contributed by atoms with E-state index in [0.29, 0.717) is 5.75 Å². The topological polar surface area (TPSA) is 42.2 Å². The predicted octanol–water partition coefficient (Wildman–Crippen LogP) is 2.18. The number of aliphatic hydroxyl groups excluding tert-OH is 1. The second-order valence-corrected chi connectivity index (χ2v) is 7.73. The molecular weight excluding hydrogens is 246 g/mol. The van der Waals surface area contributed by atoms with Crippen molar-refractivity contribution < 1.29 is 9.32 Å². The highest BCUT2D eigenvalue weighted by molar-refractivity contribution is 7.84. The quantitative estimate of drug-likeness (QED) is 0.914. The Hall–Kier alpha value is -0.610. The second-order valence-electron chi connectivity index (χ2n) is 6.18. The van der Waals surface area contributed by atoms with E-state index in [1.807, 2.05) is 0 Å². The summed E-state index contributed by atoms with van der Waals surface area (Å²) < 4.78 is 13.5. The van der Waals surface area contributed by atoms with Gasteiger partial charge in [0.2, 0.25) is 0 Å². The lowest BCUT2D eigenvalue weighted by Gasteiger charge is -2.34. The van der Waals surface area contributed by atoms with Crippen LogP contribution >= 0.6 is 0 Å². The Labute approximate surface area is 112 Å². The number of aromatic nitrogens is 1. The fourth-order valence-electron chi connectivity index (χ4n) is 2.93. The summed E-state index contributed by atoms with van der Waals surface area (Å²) in [4.78, 5) is 0. The van der Waals surface area contributed by atoms with Gasteiger partial charge in [-0.15, -0.1) is 0 Å².